The number of alkyl halides is 3. The van der Waals surface area contributed by atoms with Crippen LogP contribution in [0.5, 0.6) is 0 Å². The highest BCUT2D eigenvalue weighted by Crippen LogP contribution is 2.24. The van der Waals surface area contributed by atoms with Gasteiger partial charge in [0.15, 0.2) is 0 Å². The zero-order chi connectivity index (χ0) is 15.6. The molecule has 116 valence electrons. The third-order valence-corrected chi connectivity index (χ3v) is 3.62. The number of carbonyl (C=O) groups excluding carboxylic acids is 1. The Kier molecular flexibility index (Phi) is 4.56. The Hall–Kier alpha value is -1.56. The standard InChI is InChI=1S/C15H19F3N2O/c1-19-9-12-4-3-11(7-13(12)10-19)8-20(2)14(21)5-6-15(16,17)18/h3-4,7H,5-6,8-10H2,1-2H3. The minimum absolute atomic E-state index is 0.341. The van der Waals surface area contributed by atoms with E-state index in [1.54, 1.807) is 0 Å². The summed E-state index contributed by atoms with van der Waals surface area (Å²) in [7, 11) is 3.57. The van der Waals surface area contributed by atoms with Crippen LogP contribution in [0.3, 0.4) is 0 Å². The van der Waals surface area contributed by atoms with E-state index < -0.39 is 24.9 Å². The van der Waals surface area contributed by atoms with Crippen molar-refractivity contribution in [2.45, 2.75) is 38.7 Å². The molecule has 6 heteroatoms. The van der Waals surface area contributed by atoms with Crippen molar-refractivity contribution in [1.82, 2.24) is 9.80 Å². The van der Waals surface area contributed by atoms with Gasteiger partial charge in [-0.15, -0.1) is 0 Å². The summed E-state index contributed by atoms with van der Waals surface area (Å²) in [5.41, 5.74) is 3.45. The van der Waals surface area contributed by atoms with Crippen LogP contribution in [0.25, 0.3) is 0 Å². The molecule has 0 saturated carbocycles. The molecular formula is C15H19F3N2O. The van der Waals surface area contributed by atoms with Crippen LogP contribution in [0.4, 0.5) is 13.2 Å². The van der Waals surface area contributed by atoms with E-state index in [-0.39, 0.29) is 0 Å². The van der Waals surface area contributed by atoms with E-state index in [0.29, 0.717) is 6.54 Å². The molecule has 1 heterocycles. The van der Waals surface area contributed by atoms with Gasteiger partial charge in [-0.25, -0.2) is 0 Å². The quantitative estimate of drug-likeness (QED) is 0.853. The van der Waals surface area contributed by atoms with Gasteiger partial charge in [-0.3, -0.25) is 9.69 Å². The molecular weight excluding hydrogens is 281 g/mol. The van der Waals surface area contributed by atoms with Gasteiger partial charge in [-0.05, 0) is 23.7 Å². The summed E-state index contributed by atoms with van der Waals surface area (Å²) in [6.07, 6.45) is -5.84. The third-order valence-electron chi connectivity index (χ3n) is 3.62. The first-order valence-electron chi connectivity index (χ1n) is 6.84. The van der Waals surface area contributed by atoms with Crippen LogP contribution in [-0.4, -0.2) is 36.0 Å². The van der Waals surface area contributed by atoms with Crippen molar-refractivity contribution in [3.63, 3.8) is 0 Å². The normalized spacial score (nSPS) is 15.1. The lowest BCUT2D eigenvalue weighted by Crippen LogP contribution is -2.27. The van der Waals surface area contributed by atoms with E-state index in [0.717, 1.165) is 18.7 Å². The molecule has 0 radical (unpaired) electrons. The van der Waals surface area contributed by atoms with Gasteiger partial charge in [0, 0.05) is 33.1 Å². The molecule has 0 N–H and O–H groups in total. The Morgan fingerprint density at radius 1 is 1.29 bits per heavy atom. The summed E-state index contributed by atoms with van der Waals surface area (Å²) in [5, 5.41) is 0. The van der Waals surface area contributed by atoms with Crippen LogP contribution in [0.2, 0.25) is 0 Å². The van der Waals surface area contributed by atoms with E-state index >= 15 is 0 Å². The molecule has 0 atom stereocenters. The molecule has 3 nitrogen and oxygen atoms in total. The maximum Gasteiger partial charge on any atom is 0.389 e. The van der Waals surface area contributed by atoms with Gasteiger partial charge in [0.2, 0.25) is 5.91 Å². The second kappa shape index (κ2) is 6.05. The molecule has 0 spiro atoms. The number of fused-ring (bicyclic) bond motifs is 1. The summed E-state index contributed by atoms with van der Waals surface area (Å²) in [4.78, 5) is 15.2. The van der Waals surface area contributed by atoms with Gasteiger partial charge in [0.25, 0.3) is 0 Å². The van der Waals surface area contributed by atoms with E-state index in [1.165, 1.54) is 23.1 Å². The van der Waals surface area contributed by atoms with Crippen LogP contribution < -0.4 is 0 Å². The zero-order valence-electron chi connectivity index (χ0n) is 12.2. The maximum absolute atomic E-state index is 12.1. The fourth-order valence-corrected chi connectivity index (χ4v) is 2.52. The monoisotopic (exact) mass is 300 g/mol. The molecule has 21 heavy (non-hydrogen) atoms. The topological polar surface area (TPSA) is 23.6 Å². The second-order valence-electron chi connectivity index (χ2n) is 5.64. The highest BCUT2D eigenvalue weighted by atomic mass is 19.4. The second-order valence-corrected chi connectivity index (χ2v) is 5.64. The van der Waals surface area contributed by atoms with Crippen molar-refractivity contribution in [3.05, 3.63) is 34.9 Å². The first kappa shape index (κ1) is 15.8. The Bertz CT molecular complexity index is 528. The van der Waals surface area contributed by atoms with Gasteiger partial charge in [0.05, 0.1) is 6.42 Å². The molecule has 0 aliphatic carbocycles. The smallest absolute Gasteiger partial charge is 0.341 e. The predicted molar refractivity (Wildman–Crippen MR) is 73.4 cm³/mol. The largest absolute Gasteiger partial charge is 0.389 e. The van der Waals surface area contributed by atoms with Crippen molar-refractivity contribution in [2.24, 2.45) is 0 Å². The summed E-state index contributed by atoms with van der Waals surface area (Å²) in [5.74, 6) is -0.482. The average Bonchev–Trinajstić information content (AvgIpc) is 2.74. The maximum atomic E-state index is 12.1. The molecule has 1 aliphatic heterocycles. The number of hydrogen-bond donors (Lipinski definition) is 0. The number of amides is 1. The molecule has 2 rings (SSSR count). The molecule has 1 aromatic carbocycles. The number of carbonyl (C=O) groups is 1. The van der Waals surface area contributed by atoms with Gasteiger partial charge in [-0.2, -0.15) is 13.2 Å². The van der Waals surface area contributed by atoms with Crippen LogP contribution in [-0.2, 0) is 24.4 Å². The highest BCUT2D eigenvalue weighted by Gasteiger charge is 2.28. The fraction of sp³-hybridized carbons (Fsp3) is 0.533. The summed E-state index contributed by atoms with van der Waals surface area (Å²) in [6, 6.07) is 6.00. The zero-order valence-corrected chi connectivity index (χ0v) is 12.2. The van der Waals surface area contributed by atoms with Crippen LogP contribution >= 0.6 is 0 Å². The van der Waals surface area contributed by atoms with E-state index in [9.17, 15) is 18.0 Å². The van der Waals surface area contributed by atoms with Crippen LogP contribution in [0.1, 0.15) is 29.5 Å². The fourth-order valence-electron chi connectivity index (χ4n) is 2.52. The lowest BCUT2D eigenvalue weighted by atomic mass is 10.1. The molecule has 0 bridgehead atoms. The van der Waals surface area contributed by atoms with Crippen molar-refractivity contribution in [1.29, 1.82) is 0 Å². The predicted octanol–water partition coefficient (Wildman–Crippen LogP) is 2.93. The Morgan fingerprint density at radius 3 is 2.62 bits per heavy atom. The van der Waals surface area contributed by atoms with Gasteiger partial charge < -0.3 is 4.90 Å². The SMILES string of the molecule is CN1Cc2ccc(CN(C)C(=O)CCC(F)(F)F)cc2C1. The van der Waals surface area contributed by atoms with E-state index in [1.807, 2.05) is 25.2 Å². The number of benzene rings is 1. The molecule has 0 aromatic heterocycles. The lowest BCUT2D eigenvalue weighted by molar-refractivity contribution is -0.148. The molecule has 0 saturated heterocycles. The molecule has 1 amide bonds. The number of halogens is 3. The van der Waals surface area contributed by atoms with Crippen molar-refractivity contribution in [2.75, 3.05) is 14.1 Å². The highest BCUT2D eigenvalue weighted by molar-refractivity contribution is 5.75. The first-order chi connectivity index (χ1) is 9.74. The Morgan fingerprint density at radius 2 is 1.95 bits per heavy atom. The van der Waals surface area contributed by atoms with Gasteiger partial charge >= 0.3 is 6.18 Å². The van der Waals surface area contributed by atoms with E-state index in [4.69, 9.17) is 0 Å². The number of nitrogens with zero attached hydrogens (tertiary/aromatic N) is 2. The van der Waals surface area contributed by atoms with Crippen LogP contribution in [0.15, 0.2) is 18.2 Å². The van der Waals surface area contributed by atoms with Gasteiger partial charge in [0.1, 0.15) is 0 Å². The summed E-state index contributed by atoms with van der Waals surface area (Å²) in [6.45, 7) is 2.12. The van der Waals surface area contributed by atoms with Crippen molar-refractivity contribution >= 4 is 5.91 Å². The summed E-state index contributed by atoms with van der Waals surface area (Å²) >= 11 is 0. The van der Waals surface area contributed by atoms with Crippen molar-refractivity contribution < 1.29 is 18.0 Å². The first-order valence-corrected chi connectivity index (χ1v) is 6.84. The molecule has 1 aliphatic rings. The third kappa shape index (κ3) is 4.46. The number of hydrogen-bond acceptors (Lipinski definition) is 2. The molecule has 0 unspecified atom stereocenters. The Labute approximate surface area is 122 Å². The number of rotatable bonds is 4. The van der Waals surface area contributed by atoms with Gasteiger partial charge in [-0.1, -0.05) is 18.2 Å². The molecule has 1 aromatic rings. The minimum Gasteiger partial charge on any atom is -0.341 e. The minimum atomic E-state index is -4.28. The molecule has 0 fully saturated rings. The average molecular weight is 300 g/mol. The van der Waals surface area contributed by atoms with Crippen molar-refractivity contribution in [3.8, 4) is 0 Å². The lowest BCUT2D eigenvalue weighted by Gasteiger charge is -2.18. The van der Waals surface area contributed by atoms with Crippen LogP contribution in [0, 0.1) is 0 Å². The van der Waals surface area contributed by atoms with E-state index in [2.05, 4.69) is 4.90 Å². The Balaban J connectivity index is 1.92. The summed E-state index contributed by atoms with van der Waals surface area (Å²) < 4.78 is 36.4.